The van der Waals surface area contributed by atoms with Crippen LogP contribution in [0.3, 0.4) is 0 Å². The fourth-order valence-corrected chi connectivity index (χ4v) is 4.65. The Hall–Kier alpha value is -1.89. The highest BCUT2D eigenvalue weighted by molar-refractivity contribution is 7.73. The van der Waals surface area contributed by atoms with Crippen LogP contribution in [0.25, 0.3) is 10.8 Å². The van der Waals surface area contributed by atoms with Crippen molar-refractivity contribution in [1.29, 1.82) is 0 Å². The molecule has 4 nitrogen and oxygen atoms in total. The summed E-state index contributed by atoms with van der Waals surface area (Å²) in [6.45, 7) is 3.14. The third-order valence-electron chi connectivity index (χ3n) is 5.17. The molecule has 140 valence electrons. The first kappa shape index (κ1) is 18.5. The van der Waals surface area contributed by atoms with Crippen molar-refractivity contribution >= 4 is 40.1 Å². The highest BCUT2D eigenvalue weighted by atomic mass is 32.1. The van der Waals surface area contributed by atoms with Gasteiger partial charge in [-0.15, -0.1) is 0 Å². The van der Waals surface area contributed by atoms with Gasteiger partial charge in [0.2, 0.25) is 0 Å². The molecule has 1 N–H and O–H groups in total. The van der Waals surface area contributed by atoms with Crippen LogP contribution in [0, 0.1) is 3.95 Å². The molecule has 1 saturated heterocycles. The fourth-order valence-electron chi connectivity index (χ4n) is 3.68. The molecule has 1 aromatic heterocycles. The predicted octanol–water partition coefficient (Wildman–Crippen LogP) is 5.00. The van der Waals surface area contributed by atoms with E-state index in [2.05, 4.69) is 33.3 Å². The number of ketones is 1. The van der Waals surface area contributed by atoms with E-state index in [0.717, 1.165) is 47.4 Å². The zero-order valence-electron chi connectivity index (χ0n) is 15.2. The van der Waals surface area contributed by atoms with Crippen molar-refractivity contribution < 1.29 is 4.79 Å². The van der Waals surface area contributed by atoms with Gasteiger partial charge in [0.15, 0.2) is 9.74 Å². The maximum atomic E-state index is 12.7. The minimum atomic E-state index is 0.234. The number of hydrogen-bond acceptors (Lipinski definition) is 5. The number of nitrogens with zero attached hydrogens (tertiary/aromatic N) is 2. The number of H-pyrrole nitrogens is 1. The monoisotopic (exact) mass is 397 g/mol. The number of nitrogens with one attached hydrogen (secondary N) is 1. The van der Waals surface area contributed by atoms with Gasteiger partial charge < -0.3 is 4.90 Å². The Labute approximate surface area is 168 Å². The van der Waals surface area contributed by atoms with E-state index in [9.17, 15) is 4.79 Å². The number of benzene rings is 2. The fraction of sp³-hybridized carbons (Fsp3) is 0.381. The van der Waals surface area contributed by atoms with E-state index in [1.165, 1.54) is 36.2 Å². The number of likely N-dealkylation sites (tertiary alicyclic amines) is 1. The molecular weight excluding hydrogens is 374 g/mol. The Kier molecular flexibility index (Phi) is 5.76. The summed E-state index contributed by atoms with van der Waals surface area (Å²) < 4.78 is 0.701. The smallest absolute Gasteiger partial charge is 0.176 e. The van der Waals surface area contributed by atoms with Crippen LogP contribution in [-0.4, -0.2) is 40.5 Å². The lowest BCUT2D eigenvalue weighted by Gasteiger charge is -2.25. The minimum absolute atomic E-state index is 0.234. The molecule has 4 rings (SSSR count). The highest BCUT2D eigenvalue weighted by Gasteiger charge is 2.13. The maximum Gasteiger partial charge on any atom is 0.176 e. The van der Waals surface area contributed by atoms with Gasteiger partial charge in [0.1, 0.15) is 5.01 Å². The van der Waals surface area contributed by atoms with Crippen LogP contribution in [0.1, 0.15) is 46.6 Å². The number of fused-ring (bicyclic) bond motifs is 1. The van der Waals surface area contributed by atoms with Crippen LogP contribution in [0.2, 0.25) is 0 Å². The van der Waals surface area contributed by atoms with Gasteiger partial charge in [-0.05, 0) is 60.6 Å². The van der Waals surface area contributed by atoms with Crippen molar-refractivity contribution in [1.82, 2.24) is 15.1 Å². The van der Waals surface area contributed by atoms with Crippen LogP contribution >= 0.6 is 23.6 Å². The van der Waals surface area contributed by atoms with Gasteiger partial charge in [-0.3, -0.25) is 9.89 Å². The van der Waals surface area contributed by atoms with E-state index < -0.39 is 0 Å². The number of carbonyl (C=O) groups is 1. The summed E-state index contributed by atoms with van der Waals surface area (Å²) >= 11 is 6.61. The number of rotatable bonds is 6. The van der Waals surface area contributed by atoms with Crippen molar-refractivity contribution in [3.05, 3.63) is 56.5 Å². The quantitative estimate of drug-likeness (QED) is 0.469. The van der Waals surface area contributed by atoms with E-state index in [-0.39, 0.29) is 5.78 Å². The standard InChI is InChI=1S/C21H23N3OS2/c25-19(8-11-24-9-2-1-3-10-24)17-7-6-16-5-4-15(12-18(16)14-17)13-20-22-23-21(26)27-20/h4-7,12,14H,1-3,8-11,13H2,(H,23,26). The molecule has 0 aliphatic carbocycles. The van der Waals surface area contributed by atoms with Gasteiger partial charge in [-0.1, -0.05) is 48.1 Å². The van der Waals surface area contributed by atoms with Crippen LogP contribution in [-0.2, 0) is 6.42 Å². The molecule has 3 aromatic rings. The molecule has 1 aliphatic rings. The summed E-state index contributed by atoms with van der Waals surface area (Å²) in [4.78, 5) is 15.1. The second-order valence-electron chi connectivity index (χ2n) is 7.16. The largest absolute Gasteiger partial charge is 0.303 e. The number of hydrogen-bond donors (Lipinski definition) is 1. The number of Topliss-reactive ketones (excluding diaryl/α,β-unsaturated/α-hetero) is 1. The molecule has 0 radical (unpaired) electrons. The summed E-state index contributed by atoms with van der Waals surface area (Å²) in [5.74, 6) is 0.234. The Morgan fingerprint density at radius 2 is 1.93 bits per heavy atom. The second-order valence-corrected chi connectivity index (χ2v) is 8.91. The molecule has 0 amide bonds. The summed E-state index contributed by atoms with van der Waals surface area (Å²) in [5.41, 5.74) is 1.99. The lowest BCUT2D eigenvalue weighted by atomic mass is 10.00. The number of aromatic nitrogens is 2. The summed E-state index contributed by atoms with van der Waals surface area (Å²) in [6.07, 6.45) is 5.19. The summed E-state index contributed by atoms with van der Waals surface area (Å²) in [7, 11) is 0. The Balaban J connectivity index is 1.48. The molecular formula is C21H23N3OS2. The number of piperidine rings is 1. The van der Waals surface area contributed by atoms with Crippen molar-refractivity contribution in [2.75, 3.05) is 19.6 Å². The van der Waals surface area contributed by atoms with Gasteiger partial charge in [0, 0.05) is 24.9 Å². The molecule has 1 aliphatic heterocycles. The lowest BCUT2D eigenvalue weighted by Crippen LogP contribution is -2.31. The molecule has 0 unspecified atom stereocenters. The van der Waals surface area contributed by atoms with Crippen LogP contribution in [0.5, 0.6) is 0 Å². The zero-order chi connectivity index (χ0) is 18.6. The van der Waals surface area contributed by atoms with Crippen molar-refractivity contribution in [2.45, 2.75) is 32.1 Å². The van der Waals surface area contributed by atoms with Gasteiger partial charge in [0.05, 0.1) is 0 Å². The second kappa shape index (κ2) is 8.42. The third kappa shape index (κ3) is 4.69. The molecule has 1 fully saturated rings. The van der Waals surface area contributed by atoms with Gasteiger partial charge in [-0.25, -0.2) is 0 Å². The van der Waals surface area contributed by atoms with E-state index in [1.807, 2.05) is 18.2 Å². The van der Waals surface area contributed by atoms with E-state index in [1.54, 1.807) is 0 Å². The normalized spacial score (nSPS) is 15.3. The van der Waals surface area contributed by atoms with Crippen LogP contribution in [0.15, 0.2) is 36.4 Å². The minimum Gasteiger partial charge on any atom is -0.303 e. The van der Waals surface area contributed by atoms with E-state index in [4.69, 9.17) is 12.2 Å². The molecule has 0 atom stereocenters. The van der Waals surface area contributed by atoms with Crippen molar-refractivity contribution in [3.63, 3.8) is 0 Å². The van der Waals surface area contributed by atoms with Crippen LogP contribution in [0.4, 0.5) is 0 Å². The molecule has 27 heavy (non-hydrogen) atoms. The first-order valence-electron chi connectivity index (χ1n) is 9.50. The van der Waals surface area contributed by atoms with E-state index in [0.29, 0.717) is 10.4 Å². The predicted molar refractivity (Wildman–Crippen MR) is 113 cm³/mol. The first-order chi connectivity index (χ1) is 13.2. The van der Waals surface area contributed by atoms with Crippen molar-refractivity contribution in [2.24, 2.45) is 0 Å². The van der Waals surface area contributed by atoms with Gasteiger partial charge in [-0.2, -0.15) is 5.10 Å². The summed E-state index contributed by atoms with van der Waals surface area (Å²) in [5, 5.41) is 10.3. The van der Waals surface area contributed by atoms with Gasteiger partial charge in [0.25, 0.3) is 0 Å². The lowest BCUT2D eigenvalue weighted by molar-refractivity contribution is 0.0959. The Bertz CT molecular complexity index is 1000. The average Bonchev–Trinajstić information content (AvgIpc) is 3.11. The topological polar surface area (TPSA) is 49.0 Å². The van der Waals surface area contributed by atoms with Crippen molar-refractivity contribution in [3.8, 4) is 0 Å². The number of carbonyl (C=O) groups excluding carboxylic acids is 1. The zero-order valence-corrected chi connectivity index (χ0v) is 16.9. The van der Waals surface area contributed by atoms with Crippen LogP contribution < -0.4 is 0 Å². The average molecular weight is 398 g/mol. The first-order valence-corrected chi connectivity index (χ1v) is 10.7. The molecule has 2 aromatic carbocycles. The number of aromatic amines is 1. The highest BCUT2D eigenvalue weighted by Crippen LogP contribution is 2.21. The van der Waals surface area contributed by atoms with Gasteiger partial charge >= 0.3 is 0 Å². The maximum absolute atomic E-state index is 12.7. The SMILES string of the molecule is O=C(CCN1CCCCC1)c1ccc2ccc(Cc3n[nH]c(=S)s3)cc2c1. The molecule has 0 spiro atoms. The molecule has 0 saturated carbocycles. The molecule has 0 bridgehead atoms. The summed E-state index contributed by atoms with van der Waals surface area (Å²) in [6, 6.07) is 12.4. The Morgan fingerprint density at radius 1 is 1.11 bits per heavy atom. The van der Waals surface area contributed by atoms with E-state index >= 15 is 0 Å². The molecule has 6 heteroatoms. The Morgan fingerprint density at radius 3 is 2.70 bits per heavy atom. The molecule has 2 heterocycles. The third-order valence-corrected chi connectivity index (χ3v) is 6.26.